The molecule has 2 heterocycles. The molecule has 2 amide bonds. The zero-order valence-electron chi connectivity index (χ0n) is 17.8. The molecule has 1 aromatic carbocycles. The van der Waals surface area contributed by atoms with Crippen LogP contribution in [0.15, 0.2) is 24.5 Å². The van der Waals surface area contributed by atoms with Crippen molar-refractivity contribution in [3.63, 3.8) is 0 Å². The molecule has 0 aliphatic carbocycles. The summed E-state index contributed by atoms with van der Waals surface area (Å²) in [6, 6.07) is 3.12. The molecule has 0 saturated carbocycles. The van der Waals surface area contributed by atoms with Gasteiger partial charge in [0.25, 0.3) is 5.91 Å². The van der Waals surface area contributed by atoms with Crippen LogP contribution >= 0.6 is 11.6 Å². The van der Waals surface area contributed by atoms with E-state index in [0.717, 1.165) is 0 Å². The first-order valence-electron chi connectivity index (χ1n) is 9.92. The molecular formula is C21H25ClN4O5. The van der Waals surface area contributed by atoms with Crippen LogP contribution in [0.3, 0.4) is 0 Å². The Morgan fingerprint density at radius 2 is 1.97 bits per heavy atom. The minimum absolute atomic E-state index is 0.0500. The highest BCUT2D eigenvalue weighted by atomic mass is 35.5. The highest BCUT2D eigenvalue weighted by Gasteiger charge is 2.28. The Labute approximate surface area is 185 Å². The summed E-state index contributed by atoms with van der Waals surface area (Å²) < 4.78 is 17.0. The van der Waals surface area contributed by atoms with E-state index in [1.54, 1.807) is 17.0 Å². The molecule has 1 aliphatic heterocycles. The molecule has 1 aliphatic rings. The summed E-state index contributed by atoms with van der Waals surface area (Å²) >= 11 is 6.47. The summed E-state index contributed by atoms with van der Waals surface area (Å²) in [5.41, 5.74) is 0.395. The summed E-state index contributed by atoms with van der Waals surface area (Å²) in [6.07, 6.45) is 2.81. The van der Waals surface area contributed by atoms with E-state index in [1.165, 1.54) is 19.3 Å². The van der Waals surface area contributed by atoms with Gasteiger partial charge in [-0.2, -0.15) is 0 Å². The normalized spacial score (nSPS) is 14.4. The Hall–Kier alpha value is -3.07. The van der Waals surface area contributed by atoms with E-state index in [4.69, 9.17) is 25.8 Å². The summed E-state index contributed by atoms with van der Waals surface area (Å²) in [5.74, 6) is 0.825. The number of fused-ring (bicyclic) bond motifs is 1. The van der Waals surface area contributed by atoms with Gasteiger partial charge in [-0.1, -0.05) is 11.6 Å². The fraction of sp³-hybridized carbons (Fsp3) is 0.429. The summed E-state index contributed by atoms with van der Waals surface area (Å²) in [6.45, 7) is 8.23. The summed E-state index contributed by atoms with van der Waals surface area (Å²) in [7, 11) is 0. The molecular weight excluding hydrogens is 424 g/mol. The lowest BCUT2D eigenvalue weighted by atomic mass is 10.1. The van der Waals surface area contributed by atoms with E-state index >= 15 is 0 Å². The highest BCUT2D eigenvalue weighted by molar-refractivity contribution is 6.34. The van der Waals surface area contributed by atoms with E-state index in [1.807, 2.05) is 20.8 Å². The molecule has 10 heteroatoms. The number of hydrogen-bond acceptors (Lipinski definition) is 7. The maximum absolute atomic E-state index is 12.8. The number of carbonyl (C=O) groups is 2. The monoisotopic (exact) mass is 448 g/mol. The van der Waals surface area contributed by atoms with Crippen LogP contribution in [-0.2, 0) is 4.79 Å². The molecule has 0 saturated heterocycles. The molecule has 1 atom stereocenters. The van der Waals surface area contributed by atoms with Gasteiger partial charge in [-0.25, -0.2) is 9.97 Å². The third-order valence-electron chi connectivity index (χ3n) is 4.50. The van der Waals surface area contributed by atoms with Gasteiger partial charge in [0, 0.05) is 13.0 Å². The Kier molecular flexibility index (Phi) is 7.17. The van der Waals surface area contributed by atoms with Gasteiger partial charge in [0.05, 0.1) is 30.5 Å². The molecule has 9 nitrogen and oxygen atoms in total. The van der Waals surface area contributed by atoms with Gasteiger partial charge >= 0.3 is 0 Å². The smallest absolute Gasteiger partial charge is 0.258 e. The Morgan fingerprint density at radius 1 is 1.26 bits per heavy atom. The van der Waals surface area contributed by atoms with Crippen molar-refractivity contribution in [2.45, 2.75) is 39.8 Å². The Balaban J connectivity index is 1.70. The maximum atomic E-state index is 12.8. The second kappa shape index (κ2) is 9.82. The van der Waals surface area contributed by atoms with Crippen molar-refractivity contribution in [1.82, 2.24) is 20.2 Å². The van der Waals surface area contributed by atoms with E-state index in [2.05, 4.69) is 15.3 Å². The van der Waals surface area contributed by atoms with Crippen LogP contribution in [0.25, 0.3) is 0 Å². The van der Waals surface area contributed by atoms with Crippen LogP contribution in [0.2, 0.25) is 5.02 Å². The standard InChI is InChI=1S/C21H25ClN4O5/c1-12(2)26-7-8-29-20-15(21(26)28)5-6-16(19(20)22)31-18-10-23-17(9-24-18)30-11-13(3)25-14(4)27/h5-6,9-10,12-13H,7-8,11H2,1-4H3,(H,25,27)/t13-/m0/s1. The van der Waals surface area contributed by atoms with Crippen LogP contribution in [0, 0.1) is 0 Å². The van der Waals surface area contributed by atoms with Gasteiger partial charge in [-0.15, -0.1) is 0 Å². The van der Waals surface area contributed by atoms with Crippen molar-refractivity contribution >= 4 is 23.4 Å². The van der Waals surface area contributed by atoms with Crippen molar-refractivity contribution < 1.29 is 23.8 Å². The molecule has 3 rings (SSSR count). The number of nitrogens with one attached hydrogen (secondary N) is 1. The SMILES string of the molecule is CC(=O)N[C@@H](C)COc1cnc(Oc2ccc3c(c2Cl)OCCN(C(C)C)C3=O)cn1. The van der Waals surface area contributed by atoms with Crippen LogP contribution in [0.5, 0.6) is 23.3 Å². The topological polar surface area (TPSA) is 103 Å². The second-order valence-electron chi connectivity index (χ2n) is 7.40. The molecule has 2 aromatic rings. The van der Waals surface area contributed by atoms with Gasteiger partial charge < -0.3 is 24.4 Å². The summed E-state index contributed by atoms with van der Waals surface area (Å²) in [5, 5.41) is 2.91. The fourth-order valence-electron chi connectivity index (χ4n) is 3.06. The third kappa shape index (κ3) is 5.55. The number of nitrogens with zero attached hydrogens (tertiary/aromatic N) is 3. The van der Waals surface area contributed by atoms with Crippen molar-refractivity contribution in [3.8, 4) is 23.3 Å². The van der Waals surface area contributed by atoms with Crippen molar-refractivity contribution in [1.29, 1.82) is 0 Å². The first kappa shape index (κ1) is 22.6. The van der Waals surface area contributed by atoms with E-state index in [0.29, 0.717) is 36.1 Å². The van der Waals surface area contributed by atoms with Gasteiger partial charge in [0.1, 0.15) is 18.2 Å². The third-order valence-corrected chi connectivity index (χ3v) is 4.86. The Morgan fingerprint density at radius 3 is 2.61 bits per heavy atom. The molecule has 1 N–H and O–H groups in total. The fourth-order valence-corrected chi connectivity index (χ4v) is 3.32. The predicted octanol–water partition coefficient (Wildman–Crippen LogP) is 3.07. The zero-order valence-corrected chi connectivity index (χ0v) is 18.6. The number of hydrogen-bond donors (Lipinski definition) is 1. The lowest BCUT2D eigenvalue weighted by Gasteiger charge is -2.24. The average Bonchev–Trinajstić information content (AvgIpc) is 2.88. The summed E-state index contributed by atoms with van der Waals surface area (Å²) in [4.78, 5) is 33.9. The van der Waals surface area contributed by atoms with Crippen molar-refractivity contribution in [2.24, 2.45) is 0 Å². The largest absolute Gasteiger partial charge is 0.489 e. The predicted molar refractivity (Wildman–Crippen MR) is 114 cm³/mol. The number of benzene rings is 1. The van der Waals surface area contributed by atoms with Crippen LogP contribution in [-0.4, -0.2) is 58.5 Å². The van der Waals surface area contributed by atoms with E-state index in [9.17, 15) is 9.59 Å². The number of amides is 2. The minimum atomic E-state index is -0.164. The number of ether oxygens (including phenoxy) is 3. The minimum Gasteiger partial charge on any atom is -0.489 e. The van der Waals surface area contributed by atoms with Crippen LogP contribution in [0.1, 0.15) is 38.1 Å². The highest BCUT2D eigenvalue weighted by Crippen LogP contribution is 2.40. The molecule has 0 spiro atoms. The molecule has 0 fully saturated rings. The number of aromatic nitrogens is 2. The lowest BCUT2D eigenvalue weighted by Crippen LogP contribution is -2.37. The van der Waals surface area contributed by atoms with Gasteiger partial charge in [-0.3, -0.25) is 9.59 Å². The zero-order chi connectivity index (χ0) is 22.5. The average molecular weight is 449 g/mol. The molecule has 166 valence electrons. The van der Waals surface area contributed by atoms with Crippen LogP contribution in [0.4, 0.5) is 0 Å². The lowest BCUT2D eigenvalue weighted by molar-refractivity contribution is -0.119. The molecule has 0 unspecified atom stereocenters. The van der Waals surface area contributed by atoms with Crippen molar-refractivity contribution in [3.05, 3.63) is 35.1 Å². The quantitative estimate of drug-likeness (QED) is 0.694. The van der Waals surface area contributed by atoms with E-state index in [-0.39, 0.29) is 41.4 Å². The molecule has 1 aromatic heterocycles. The van der Waals surface area contributed by atoms with Gasteiger partial charge in [-0.05, 0) is 32.9 Å². The van der Waals surface area contributed by atoms with Crippen LogP contribution < -0.4 is 19.5 Å². The Bertz CT molecular complexity index is 952. The molecule has 0 radical (unpaired) electrons. The number of carbonyl (C=O) groups excluding carboxylic acids is 2. The van der Waals surface area contributed by atoms with E-state index < -0.39 is 0 Å². The first-order valence-corrected chi connectivity index (χ1v) is 10.3. The number of rotatable bonds is 7. The first-order chi connectivity index (χ1) is 14.8. The maximum Gasteiger partial charge on any atom is 0.258 e. The number of halogens is 1. The van der Waals surface area contributed by atoms with Crippen molar-refractivity contribution in [2.75, 3.05) is 19.8 Å². The molecule has 31 heavy (non-hydrogen) atoms. The van der Waals surface area contributed by atoms with Gasteiger partial charge in [0.2, 0.25) is 17.7 Å². The molecule has 0 bridgehead atoms. The second-order valence-corrected chi connectivity index (χ2v) is 7.78. The van der Waals surface area contributed by atoms with Gasteiger partial charge in [0.15, 0.2) is 11.5 Å².